The van der Waals surface area contributed by atoms with E-state index < -0.39 is 0 Å². The molecular weight excluding hydrogens is 244 g/mol. The van der Waals surface area contributed by atoms with Gasteiger partial charge in [-0.05, 0) is 49.4 Å². The molecule has 0 aromatic heterocycles. The summed E-state index contributed by atoms with van der Waals surface area (Å²) < 4.78 is 0. The van der Waals surface area contributed by atoms with Crippen LogP contribution in [0.15, 0.2) is 24.3 Å². The van der Waals surface area contributed by atoms with Crippen molar-refractivity contribution in [1.82, 2.24) is 10.2 Å². The Bertz CT molecular complexity index is 381. The second-order valence-electron chi connectivity index (χ2n) is 6.15. The van der Waals surface area contributed by atoms with E-state index in [4.69, 9.17) is 0 Å². The molecule has 20 heavy (non-hydrogen) atoms. The maximum atomic E-state index is 3.43. The largest absolute Gasteiger partial charge is 0.316 e. The fraction of sp³-hybridized carbons (Fsp3) is 0.667. The molecule has 2 nitrogen and oxygen atoms in total. The topological polar surface area (TPSA) is 15.3 Å². The lowest BCUT2D eigenvalue weighted by atomic mass is 9.99. The van der Waals surface area contributed by atoms with Crippen LogP contribution in [0, 0.1) is 0 Å². The molecule has 0 aliphatic heterocycles. The third-order valence-electron chi connectivity index (χ3n) is 4.21. The Morgan fingerprint density at radius 3 is 2.45 bits per heavy atom. The van der Waals surface area contributed by atoms with Gasteiger partial charge in [0.1, 0.15) is 0 Å². The van der Waals surface area contributed by atoms with Gasteiger partial charge in [0.05, 0.1) is 0 Å². The Labute approximate surface area is 124 Å². The summed E-state index contributed by atoms with van der Waals surface area (Å²) in [5.74, 6) is 0.596. The van der Waals surface area contributed by atoms with Gasteiger partial charge in [-0.2, -0.15) is 0 Å². The fourth-order valence-electron chi connectivity index (χ4n) is 2.78. The smallest absolute Gasteiger partial charge is 0.0236 e. The molecule has 0 radical (unpaired) electrons. The number of benzene rings is 1. The zero-order chi connectivity index (χ0) is 14.4. The summed E-state index contributed by atoms with van der Waals surface area (Å²) in [7, 11) is 0. The van der Waals surface area contributed by atoms with Crippen molar-refractivity contribution in [2.45, 2.75) is 58.5 Å². The fourth-order valence-corrected chi connectivity index (χ4v) is 2.78. The summed E-state index contributed by atoms with van der Waals surface area (Å²) in [6.45, 7) is 11.2. The van der Waals surface area contributed by atoms with Gasteiger partial charge in [-0.1, -0.05) is 45.0 Å². The van der Waals surface area contributed by atoms with Crippen LogP contribution in [0.1, 0.15) is 57.1 Å². The SMILES string of the molecule is CCCN(Cc1ccc(C(C)CNCC)cc1)C1CC1. The van der Waals surface area contributed by atoms with Gasteiger partial charge in [-0.3, -0.25) is 4.90 Å². The molecular formula is C18H30N2. The second kappa shape index (κ2) is 7.80. The normalized spacial score (nSPS) is 16.6. The molecule has 2 rings (SSSR count). The second-order valence-corrected chi connectivity index (χ2v) is 6.15. The van der Waals surface area contributed by atoms with Crippen molar-refractivity contribution in [2.75, 3.05) is 19.6 Å². The quantitative estimate of drug-likeness (QED) is 0.737. The Hall–Kier alpha value is -0.860. The van der Waals surface area contributed by atoms with Crippen LogP contribution >= 0.6 is 0 Å². The lowest BCUT2D eigenvalue weighted by Gasteiger charge is -2.21. The molecule has 0 amide bonds. The van der Waals surface area contributed by atoms with E-state index in [0.29, 0.717) is 5.92 Å². The van der Waals surface area contributed by atoms with Crippen molar-refractivity contribution >= 4 is 0 Å². The van der Waals surface area contributed by atoms with E-state index in [2.05, 4.69) is 55.3 Å². The first-order valence-corrected chi connectivity index (χ1v) is 8.28. The average molecular weight is 274 g/mol. The maximum Gasteiger partial charge on any atom is 0.0236 e. The van der Waals surface area contributed by atoms with Crippen LogP contribution in [0.2, 0.25) is 0 Å². The van der Waals surface area contributed by atoms with Crippen LogP contribution < -0.4 is 5.32 Å². The molecule has 1 aromatic carbocycles. The minimum Gasteiger partial charge on any atom is -0.316 e. The van der Waals surface area contributed by atoms with Crippen molar-refractivity contribution in [3.63, 3.8) is 0 Å². The first-order chi connectivity index (χ1) is 9.74. The van der Waals surface area contributed by atoms with E-state index in [1.807, 2.05) is 0 Å². The summed E-state index contributed by atoms with van der Waals surface area (Å²) in [6.07, 6.45) is 4.06. The molecule has 0 saturated heterocycles. The third-order valence-corrected chi connectivity index (χ3v) is 4.21. The van der Waals surface area contributed by atoms with Crippen LogP contribution in [0.25, 0.3) is 0 Å². The van der Waals surface area contributed by atoms with E-state index in [1.165, 1.54) is 36.9 Å². The van der Waals surface area contributed by atoms with Gasteiger partial charge in [-0.25, -0.2) is 0 Å². The van der Waals surface area contributed by atoms with Crippen LogP contribution in [-0.2, 0) is 6.54 Å². The van der Waals surface area contributed by atoms with Crippen LogP contribution in [0.3, 0.4) is 0 Å². The first-order valence-electron chi connectivity index (χ1n) is 8.28. The van der Waals surface area contributed by atoms with Crippen LogP contribution in [0.4, 0.5) is 0 Å². The van der Waals surface area contributed by atoms with Gasteiger partial charge >= 0.3 is 0 Å². The Kier molecular flexibility index (Phi) is 6.06. The molecule has 2 heteroatoms. The van der Waals surface area contributed by atoms with Gasteiger partial charge in [0, 0.05) is 19.1 Å². The molecule has 112 valence electrons. The summed E-state index contributed by atoms with van der Waals surface area (Å²) in [6, 6.07) is 10.1. The van der Waals surface area contributed by atoms with E-state index in [9.17, 15) is 0 Å². The first kappa shape index (κ1) is 15.5. The molecule has 1 aromatic rings. The van der Waals surface area contributed by atoms with E-state index in [-0.39, 0.29) is 0 Å². The number of likely N-dealkylation sites (N-methyl/N-ethyl adjacent to an activating group) is 1. The molecule has 1 saturated carbocycles. The van der Waals surface area contributed by atoms with Crippen molar-refractivity contribution in [1.29, 1.82) is 0 Å². The van der Waals surface area contributed by atoms with Crippen LogP contribution in [-0.4, -0.2) is 30.6 Å². The average Bonchev–Trinajstić information content (AvgIpc) is 3.29. The molecule has 1 aliphatic rings. The van der Waals surface area contributed by atoms with Gasteiger partial charge in [0.15, 0.2) is 0 Å². The third kappa shape index (κ3) is 4.60. The number of hydrogen-bond donors (Lipinski definition) is 1. The van der Waals surface area contributed by atoms with Crippen molar-refractivity contribution in [3.8, 4) is 0 Å². The lowest BCUT2D eigenvalue weighted by molar-refractivity contribution is 0.255. The predicted octanol–water partition coefficient (Wildman–Crippen LogP) is 3.77. The highest BCUT2D eigenvalue weighted by Crippen LogP contribution is 2.28. The molecule has 1 N–H and O–H groups in total. The highest BCUT2D eigenvalue weighted by Gasteiger charge is 2.28. The van der Waals surface area contributed by atoms with Gasteiger partial charge in [0.25, 0.3) is 0 Å². The summed E-state index contributed by atoms with van der Waals surface area (Å²) in [4.78, 5) is 2.65. The van der Waals surface area contributed by atoms with Crippen molar-refractivity contribution in [3.05, 3.63) is 35.4 Å². The number of nitrogens with one attached hydrogen (secondary N) is 1. The monoisotopic (exact) mass is 274 g/mol. The molecule has 0 bridgehead atoms. The predicted molar refractivity (Wildman–Crippen MR) is 87.1 cm³/mol. The Morgan fingerprint density at radius 2 is 1.90 bits per heavy atom. The number of rotatable bonds is 9. The Morgan fingerprint density at radius 1 is 1.20 bits per heavy atom. The van der Waals surface area contributed by atoms with Crippen LogP contribution in [0.5, 0.6) is 0 Å². The summed E-state index contributed by atoms with van der Waals surface area (Å²) in [5, 5.41) is 3.43. The molecule has 1 atom stereocenters. The van der Waals surface area contributed by atoms with E-state index in [0.717, 1.165) is 25.7 Å². The maximum absolute atomic E-state index is 3.43. The molecule has 1 aliphatic carbocycles. The summed E-state index contributed by atoms with van der Waals surface area (Å²) in [5.41, 5.74) is 2.91. The molecule has 0 spiro atoms. The van der Waals surface area contributed by atoms with Gasteiger partial charge in [-0.15, -0.1) is 0 Å². The minimum atomic E-state index is 0.596. The molecule has 1 unspecified atom stereocenters. The minimum absolute atomic E-state index is 0.596. The van der Waals surface area contributed by atoms with Gasteiger partial charge < -0.3 is 5.32 Å². The van der Waals surface area contributed by atoms with Crippen molar-refractivity contribution in [2.24, 2.45) is 0 Å². The highest BCUT2D eigenvalue weighted by atomic mass is 15.2. The molecule has 0 heterocycles. The zero-order valence-electron chi connectivity index (χ0n) is 13.4. The zero-order valence-corrected chi connectivity index (χ0v) is 13.4. The Balaban J connectivity index is 1.89. The van der Waals surface area contributed by atoms with E-state index >= 15 is 0 Å². The lowest BCUT2D eigenvalue weighted by Crippen LogP contribution is -2.26. The highest BCUT2D eigenvalue weighted by molar-refractivity contribution is 5.25. The van der Waals surface area contributed by atoms with Crippen molar-refractivity contribution < 1.29 is 0 Å². The van der Waals surface area contributed by atoms with E-state index in [1.54, 1.807) is 0 Å². The molecule has 1 fully saturated rings. The summed E-state index contributed by atoms with van der Waals surface area (Å²) >= 11 is 0. The van der Waals surface area contributed by atoms with Gasteiger partial charge in [0.2, 0.25) is 0 Å². The number of nitrogens with zero attached hydrogens (tertiary/aromatic N) is 1. The number of hydrogen-bond acceptors (Lipinski definition) is 2. The standard InChI is InChI=1S/C18H30N2/c1-4-12-20(18-10-11-18)14-16-6-8-17(9-7-16)15(3)13-19-5-2/h6-9,15,18-19H,4-5,10-14H2,1-3H3.